The van der Waals surface area contributed by atoms with Gasteiger partial charge < -0.3 is 0 Å². The van der Waals surface area contributed by atoms with Crippen LogP contribution in [-0.4, -0.2) is 4.92 Å². The van der Waals surface area contributed by atoms with Crippen LogP contribution in [0.5, 0.6) is 0 Å². The largest absolute Gasteiger partial charge is 0.423 e. The number of nitro benzene ring substituents is 1. The van der Waals surface area contributed by atoms with Gasteiger partial charge in [-0.1, -0.05) is 11.6 Å². The second kappa shape index (κ2) is 3.45. The topological polar surface area (TPSA) is 43.1 Å². The molecule has 0 fully saturated rings. The van der Waals surface area contributed by atoms with Crippen LogP contribution in [0.15, 0.2) is 12.1 Å². The molecule has 0 aliphatic rings. The van der Waals surface area contributed by atoms with Gasteiger partial charge in [-0.3, -0.25) is 10.1 Å². The quantitative estimate of drug-likeness (QED) is 0.543. The van der Waals surface area contributed by atoms with E-state index in [0.29, 0.717) is 12.1 Å². The monoisotopic (exact) mass is 224 g/mol. The fourth-order valence-electron chi connectivity index (χ4n) is 0.833. The van der Waals surface area contributed by atoms with Gasteiger partial charge in [0.2, 0.25) is 0 Å². The number of nitrogens with zero attached hydrogens (tertiary/aromatic N) is 1. The molecule has 0 aliphatic carbocycles. The average molecular weight is 225 g/mol. The second-order valence-electron chi connectivity index (χ2n) is 2.33. The Morgan fingerprint density at radius 2 is 2.07 bits per heavy atom. The van der Waals surface area contributed by atoms with Gasteiger partial charge in [0.25, 0.3) is 5.69 Å². The lowest BCUT2D eigenvalue weighted by Crippen LogP contribution is -2.08. The summed E-state index contributed by atoms with van der Waals surface area (Å²) in [5.41, 5.74) is -2.42. The van der Waals surface area contributed by atoms with E-state index in [1.807, 2.05) is 6.07 Å². The first-order valence-electron chi connectivity index (χ1n) is 3.25. The molecule has 14 heavy (non-hydrogen) atoms. The van der Waals surface area contributed by atoms with Crippen molar-refractivity contribution < 1.29 is 18.1 Å². The molecule has 0 saturated heterocycles. The normalized spacial score (nSPS) is 11.4. The Hall–Kier alpha value is -1.30. The Morgan fingerprint density at radius 1 is 1.50 bits per heavy atom. The summed E-state index contributed by atoms with van der Waals surface area (Å²) >= 11 is 5.28. The molecule has 1 radical (unpaired) electrons. The van der Waals surface area contributed by atoms with Crippen molar-refractivity contribution in [2.45, 2.75) is 6.18 Å². The van der Waals surface area contributed by atoms with Gasteiger partial charge in [-0.15, -0.1) is 0 Å². The Labute approximate surface area is 81.2 Å². The molecule has 0 spiro atoms. The van der Waals surface area contributed by atoms with Gasteiger partial charge in [0.05, 0.1) is 9.95 Å². The van der Waals surface area contributed by atoms with E-state index in [4.69, 9.17) is 11.6 Å². The summed E-state index contributed by atoms with van der Waals surface area (Å²) in [5, 5.41) is 10.0. The highest BCUT2D eigenvalue weighted by molar-refractivity contribution is 6.30. The Bertz CT molecular complexity index is 378. The van der Waals surface area contributed by atoms with E-state index in [0.717, 1.165) is 0 Å². The highest BCUT2D eigenvalue weighted by Gasteiger charge is 2.38. The van der Waals surface area contributed by atoms with E-state index in [9.17, 15) is 23.3 Å². The van der Waals surface area contributed by atoms with Crippen LogP contribution in [0.4, 0.5) is 18.9 Å². The third-order valence-corrected chi connectivity index (χ3v) is 1.61. The molecule has 3 nitrogen and oxygen atoms in total. The number of nitro groups is 1. The third kappa shape index (κ3) is 2.14. The molecule has 0 N–H and O–H groups in total. The van der Waals surface area contributed by atoms with E-state index in [-0.39, 0.29) is 5.02 Å². The van der Waals surface area contributed by atoms with Crippen LogP contribution in [0.3, 0.4) is 0 Å². The number of halogens is 4. The van der Waals surface area contributed by atoms with Crippen LogP contribution >= 0.6 is 11.6 Å². The molecule has 1 rings (SSSR count). The predicted octanol–water partition coefficient (Wildman–Crippen LogP) is 3.07. The molecule has 1 aromatic carbocycles. The summed E-state index contributed by atoms with van der Waals surface area (Å²) < 4.78 is 36.5. The first kappa shape index (κ1) is 10.8. The summed E-state index contributed by atoms with van der Waals surface area (Å²) in [5.74, 6) is 0. The SMILES string of the molecule is O=[N+]([O-])c1cc(Cl)[c]cc1C(F)(F)F. The van der Waals surface area contributed by atoms with Gasteiger partial charge in [0.1, 0.15) is 5.56 Å². The lowest BCUT2D eigenvalue weighted by atomic mass is 10.2. The van der Waals surface area contributed by atoms with E-state index >= 15 is 0 Å². The second-order valence-corrected chi connectivity index (χ2v) is 2.74. The van der Waals surface area contributed by atoms with Crippen molar-refractivity contribution in [1.82, 2.24) is 0 Å². The first-order chi connectivity index (χ1) is 6.32. The molecule has 0 unspecified atom stereocenters. The van der Waals surface area contributed by atoms with E-state index < -0.39 is 22.4 Å². The Kier molecular flexibility index (Phi) is 2.66. The number of hydrogen-bond donors (Lipinski definition) is 0. The van der Waals surface area contributed by atoms with Gasteiger partial charge in [-0.25, -0.2) is 0 Å². The highest BCUT2D eigenvalue weighted by atomic mass is 35.5. The Balaban J connectivity index is 3.37. The molecule has 0 atom stereocenters. The molecule has 0 amide bonds. The van der Waals surface area contributed by atoms with Crippen molar-refractivity contribution in [3.63, 3.8) is 0 Å². The summed E-state index contributed by atoms with van der Waals surface area (Å²) in [6.07, 6.45) is -4.77. The fourth-order valence-corrected chi connectivity index (χ4v) is 0.991. The summed E-state index contributed by atoms with van der Waals surface area (Å²) in [7, 11) is 0. The zero-order valence-electron chi connectivity index (χ0n) is 6.43. The molecule has 0 aliphatic heterocycles. The number of benzene rings is 1. The summed E-state index contributed by atoms with van der Waals surface area (Å²) in [6, 6.07) is 3.12. The molecule has 0 bridgehead atoms. The van der Waals surface area contributed by atoms with Crippen molar-refractivity contribution in [2.75, 3.05) is 0 Å². The maximum Gasteiger partial charge on any atom is 0.423 e. The maximum atomic E-state index is 12.2. The molecule has 0 heterocycles. The van der Waals surface area contributed by atoms with Gasteiger partial charge in [-0.2, -0.15) is 13.2 Å². The van der Waals surface area contributed by atoms with Crippen molar-refractivity contribution >= 4 is 17.3 Å². The van der Waals surface area contributed by atoms with Crippen molar-refractivity contribution in [3.8, 4) is 0 Å². The van der Waals surface area contributed by atoms with E-state index in [2.05, 4.69) is 0 Å². The lowest BCUT2D eigenvalue weighted by Gasteiger charge is -2.06. The molecular weight excluding hydrogens is 223 g/mol. The van der Waals surface area contributed by atoms with E-state index in [1.165, 1.54) is 0 Å². The lowest BCUT2D eigenvalue weighted by molar-refractivity contribution is -0.388. The molecular formula is C7H2ClF3NO2. The van der Waals surface area contributed by atoms with E-state index in [1.54, 1.807) is 0 Å². The predicted molar refractivity (Wildman–Crippen MR) is 41.9 cm³/mol. The van der Waals surface area contributed by atoms with Gasteiger partial charge >= 0.3 is 6.18 Å². The highest BCUT2D eigenvalue weighted by Crippen LogP contribution is 2.36. The van der Waals surface area contributed by atoms with Crippen LogP contribution < -0.4 is 0 Å². The maximum absolute atomic E-state index is 12.2. The van der Waals surface area contributed by atoms with Gasteiger partial charge in [0, 0.05) is 12.1 Å². The minimum Gasteiger partial charge on any atom is -0.258 e. The number of alkyl halides is 3. The van der Waals surface area contributed by atoms with Crippen LogP contribution in [0.25, 0.3) is 0 Å². The van der Waals surface area contributed by atoms with Crippen LogP contribution in [0, 0.1) is 16.2 Å². The fraction of sp³-hybridized carbons (Fsp3) is 0.143. The van der Waals surface area contributed by atoms with Crippen LogP contribution in [-0.2, 0) is 6.18 Å². The van der Waals surface area contributed by atoms with Crippen LogP contribution in [0.2, 0.25) is 5.02 Å². The van der Waals surface area contributed by atoms with Gasteiger partial charge in [-0.05, 0) is 6.07 Å². The molecule has 0 aromatic heterocycles. The first-order valence-corrected chi connectivity index (χ1v) is 3.63. The Morgan fingerprint density at radius 3 is 2.50 bits per heavy atom. The van der Waals surface area contributed by atoms with Crippen molar-refractivity contribution in [1.29, 1.82) is 0 Å². The molecule has 7 heteroatoms. The zero-order chi connectivity index (χ0) is 10.9. The minimum atomic E-state index is -4.77. The third-order valence-electron chi connectivity index (χ3n) is 1.40. The number of rotatable bonds is 1. The van der Waals surface area contributed by atoms with Crippen LogP contribution in [0.1, 0.15) is 5.56 Å². The van der Waals surface area contributed by atoms with Crippen molar-refractivity contribution in [2.24, 2.45) is 0 Å². The minimum absolute atomic E-state index is 0.232. The standard InChI is InChI=1S/C7H2ClF3NO2/c8-4-1-2-5(7(9,10)11)6(3-4)12(13)14/h2-3H. The zero-order valence-corrected chi connectivity index (χ0v) is 7.19. The average Bonchev–Trinajstić information content (AvgIpc) is 2.01. The molecule has 1 aromatic rings. The molecule has 75 valence electrons. The number of hydrogen-bond acceptors (Lipinski definition) is 2. The van der Waals surface area contributed by atoms with Crippen molar-refractivity contribution in [3.05, 3.63) is 38.9 Å². The summed E-state index contributed by atoms with van der Waals surface area (Å²) in [4.78, 5) is 9.12. The smallest absolute Gasteiger partial charge is 0.258 e. The molecule has 0 saturated carbocycles. The summed E-state index contributed by atoms with van der Waals surface area (Å²) in [6.45, 7) is 0. The van der Waals surface area contributed by atoms with Gasteiger partial charge in [0.15, 0.2) is 0 Å².